The van der Waals surface area contributed by atoms with E-state index in [0.717, 1.165) is 22.8 Å². The van der Waals surface area contributed by atoms with Crippen molar-refractivity contribution >= 4 is 23.9 Å². The van der Waals surface area contributed by atoms with Crippen LogP contribution in [-0.4, -0.2) is 20.0 Å². The Balaban J connectivity index is 1.82. The van der Waals surface area contributed by atoms with Crippen molar-refractivity contribution in [2.45, 2.75) is 4.90 Å². The molecule has 3 heteroatoms. The minimum absolute atomic E-state index is 0.751. The number of allylic oxidation sites excluding steroid dienone is 1. The molecule has 2 nitrogen and oxygen atoms in total. The van der Waals surface area contributed by atoms with Crippen LogP contribution in [0.25, 0.3) is 12.2 Å². The number of fused-ring (bicyclic) bond motifs is 1. The summed E-state index contributed by atoms with van der Waals surface area (Å²) in [4.78, 5) is 1.35. The van der Waals surface area contributed by atoms with Crippen molar-refractivity contribution < 1.29 is 9.47 Å². The molecule has 0 unspecified atom stereocenters. The van der Waals surface area contributed by atoms with Crippen molar-refractivity contribution in [3.8, 4) is 11.5 Å². The molecular formula is C19H18O2S. The molecule has 2 aromatic carbocycles. The van der Waals surface area contributed by atoms with E-state index in [-0.39, 0.29) is 0 Å². The first kappa shape index (κ1) is 14.8. The lowest BCUT2D eigenvalue weighted by Gasteiger charge is -2.13. The Labute approximate surface area is 135 Å². The molecule has 0 N–H and O–H groups in total. The van der Waals surface area contributed by atoms with Crippen molar-refractivity contribution in [3.63, 3.8) is 0 Å². The number of hydrogen-bond donors (Lipinski definition) is 0. The number of benzene rings is 2. The highest BCUT2D eigenvalue weighted by Crippen LogP contribution is 2.32. The van der Waals surface area contributed by atoms with E-state index in [2.05, 4.69) is 42.5 Å². The largest absolute Gasteiger partial charge is 0.493 e. The summed E-state index contributed by atoms with van der Waals surface area (Å²) in [6.45, 7) is 0. The highest BCUT2D eigenvalue weighted by Gasteiger charge is 2.08. The summed E-state index contributed by atoms with van der Waals surface area (Å²) in [5.41, 5.74) is 3.71. The minimum atomic E-state index is 0.751. The molecule has 0 radical (unpaired) electrons. The van der Waals surface area contributed by atoms with E-state index in [1.165, 1.54) is 16.0 Å². The van der Waals surface area contributed by atoms with Crippen LogP contribution in [0.1, 0.15) is 11.1 Å². The maximum Gasteiger partial charge on any atom is 0.161 e. The SMILES string of the molecule is COc1ccc(/C=C/C2=Cc3ccccc3SC2)cc1OC. The molecule has 0 saturated carbocycles. The zero-order valence-electron chi connectivity index (χ0n) is 12.7. The van der Waals surface area contributed by atoms with Crippen molar-refractivity contribution in [1.82, 2.24) is 0 Å². The lowest BCUT2D eigenvalue weighted by molar-refractivity contribution is 0.355. The van der Waals surface area contributed by atoms with E-state index < -0.39 is 0 Å². The quantitative estimate of drug-likeness (QED) is 0.799. The molecule has 0 spiro atoms. The molecule has 0 aromatic heterocycles. The normalized spacial score (nSPS) is 13.6. The van der Waals surface area contributed by atoms with E-state index in [0.29, 0.717) is 0 Å². The molecule has 1 heterocycles. The maximum atomic E-state index is 5.34. The second kappa shape index (κ2) is 6.75. The number of hydrogen-bond acceptors (Lipinski definition) is 3. The first-order chi connectivity index (χ1) is 10.8. The standard InChI is InChI=1S/C19H18O2S/c1-20-17-10-9-14(12-18(17)21-2)7-8-15-11-16-5-3-4-6-19(16)22-13-15/h3-12H,13H2,1-2H3/b8-7+. The van der Waals surface area contributed by atoms with Crippen molar-refractivity contribution in [3.05, 3.63) is 65.2 Å². The third-order valence-corrected chi connectivity index (χ3v) is 4.71. The van der Waals surface area contributed by atoms with Crippen molar-refractivity contribution in [2.24, 2.45) is 0 Å². The van der Waals surface area contributed by atoms with Gasteiger partial charge >= 0.3 is 0 Å². The molecule has 0 bridgehead atoms. The summed E-state index contributed by atoms with van der Waals surface area (Å²) in [7, 11) is 3.30. The smallest absolute Gasteiger partial charge is 0.161 e. The Morgan fingerprint density at radius 2 is 1.77 bits per heavy atom. The first-order valence-electron chi connectivity index (χ1n) is 7.12. The van der Waals surface area contributed by atoms with Crippen LogP contribution in [0.2, 0.25) is 0 Å². The fourth-order valence-corrected chi connectivity index (χ4v) is 3.36. The molecule has 1 aliphatic rings. The average molecular weight is 310 g/mol. The van der Waals surface area contributed by atoms with Gasteiger partial charge in [0.1, 0.15) is 0 Å². The second-order valence-corrected chi connectivity index (χ2v) is 6.01. The Kier molecular flexibility index (Phi) is 4.54. The van der Waals surface area contributed by atoms with Crippen LogP contribution in [-0.2, 0) is 0 Å². The molecule has 22 heavy (non-hydrogen) atoms. The van der Waals surface area contributed by atoms with Gasteiger partial charge in [-0.3, -0.25) is 0 Å². The molecule has 0 saturated heterocycles. The van der Waals surface area contributed by atoms with Gasteiger partial charge in [-0.2, -0.15) is 0 Å². The summed E-state index contributed by atoms with van der Waals surface area (Å²) in [6.07, 6.45) is 6.54. The molecule has 0 amide bonds. The summed E-state index contributed by atoms with van der Waals surface area (Å²) >= 11 is 1.88. The summed E-state index contributed by atoms with van der Waals surface area (Å²) in [5, 5.41) is 0. The van der Waals surface area contributed by atoms with E-state index >= 15 is 0 Å². The third-order valence-electron chi connectivity index (χ3n) is 3.55. The highest BCUT2D eigenvalue weighted by molar-refractivity contribution is 7.99. The molecule has 1 aliphatic heterocycles. The van der Waals surface area contributed by atoms with E-state index in [4.69, 9.17) is 9.47 Å². The van der Waals surface area contributed by atoms with Gasteiger partial charge < -0.3 is 9.47 Å². The molecule has 2 aromatic rings. The van der Waals surface area contributed by atoms with Gasteiger partial charge in [-0.25, -0.2) is 0 Å². The number of rotatable bonds is 4. The van der Waals surface area contributed by atoms with E-state index in [9.17, 15) is 0 Å². The molecular weight excluding hydrogens is 292 g/mol. The summed E-state index contributed by atoms with van der Waals surface area (Å²) in [5.74, 6) is 2.50. The van der Waals surface area contributed by atoms with Crippen LogP contribution in [0, 0.1) is 0 Å². The van der Waals surface area contributed by atoms with Gasteiger partial charge in [0.15, 0.2) is 11.5 Å². The predicted molar refractivity (Wildman–Crippen MR) is 93.7 cm³/mol. The number of thioether (sulfide) groups is 1. The van der Waals surface area contributed by atoms with Gasteiger partial charge in [-0.1, -0.05) is 36.4 Å². The Bertz CT molecular complexity index is 732. The monoisotopic (exact) mass is 310 g/mol. The van der Waals surface area contributed by atoms with E-state index in [1.54, 1.807) is 14.2 Å². The fourth-order valence-electron chi connectivity index (χ4n) is 2.39. The third kappa shape index (κ3) is 3.20. The molecule has 0 atom stereocenters. The zero-order chi connectivity index (χ0) is 15.4. The van der Waals surface area contributed by atoms with Crippen LogP contribution in [0.5, 0.6) is 11.5 Å². The fraction of sp³-hybridized carbons (Fsp3) is 0.158. The van der Waals surface area contributed by atoms with Gasteiger partial charge in [0, 0.05) is 10.6 Å². The summed E-state index contributed by atoms with van der Waals surface area (Å²) in [6, 6.07) is 14.4. The number of methoxy groups -OCH3 is 2. The van der Waals surface area contributed by atoms with Gasteiger partial charge in [0.2, 0.25) is 0 Å². The Morgan fingerprint density at radius 3 is 2.59 bits per heavy atom. The first-order valence-corrected chi connectivity index (χ1v) is 8.11. The molecule has 3 rings (SSSR count). The van der Waals surface area contributed by atoms with Crippen LogP contribution < -0.4 is 9.47 Å². The maximum absolute atomic E-state index is 5.34. The molecule has 0 aliphatic carbocycles. The van der Waals surface area contributed by atoms with Crippen molar-refractivity contribution in [1.29, 1.82) is 0 Å². The summed E-state index contributed by atoms with van der Waals surface area (Å²) < 4.78 is 10.6. The van der Waals surface area contributed by atoms with Crippen molar-refractivity contribution in [2.75, 3.05) is 20.0 Å². The van der Waals surface area contributed by atoms with Crippen LogP contribution in [0.4, 0.5) is 0 Å². The minimum Gasteiger partial charge on any atom is -0.493 e. The molecule has 112 valence electrons. The number of ether oxygens (including phenoxy) is 2. The van der Waals surface area contributed by atoms with Crippen LogP contribution in [0.3, 0.4) is 0 Å². The van der Waals surface area contributed by atoms with Gasteiger partial charge in [0.25, 0.3) is 0 Å². The average Bonchev–Trinajstić information content (AvgIpc) is 2.59. The second-order valence-electron chi connectivity index (χ2n) is 4.99. The van der Waals surface area contributed by atoms with E-state index in [1.807, 2.05) is 30.0 Å². The highest BCUT2D eigenvalue weighted by atomic mass is 32.2. The van der Waals surface area contributed by atoms with Gasteiger partial charge in [-0.05, 0) is 41.0 Å². The zero-order valence-corrected chi connectivity index (χ0v) is 13.5. The lowest BCUT2D eigenvalue weighted by Crippen LogP contribution is -1.93. The van der Waals surface area contributed by atoms with Crippen LogP contribution >= 0.6 is 11.8 Å². The Hall–Kier alpha value is -2.13. The van der Waals surface area contributed by atoms with Gasteiger partial charge in [-0.15, -0.1) is 11.8 Å². The predicted octanol–water partition coefficient (Wildman–Crippen LogP) is 4.91. The lowest BCUT2D eigenvalue weighted by atomic mass is 10.1. The molecule has 0 fully saturated rings. The topological polar surface area (TPSA) is 18.5 Å². The van der Waals surface area contributed by atoms with Gasteiger partial charge in [0.05, 0.1) is 14.2 Å². The Morgan fingerprint density at radius 1 is 0.955 bits per heavy atom. The van der Waals surface area contributed by atoms with Crippen LogP contribution in [0.15, 0.2) is 59.0 Å².